The summed E-state index contributed by atoms with van der Waals surface area (Å²) >= 11 is 0. The summed E-state index contributed by atoms with van der Waals surface area (Å²) in [5.41, 5.74) is -0.546. The van der Waals surface area contributed by atoms with E-state index in [9.17, 15) is 24.5 Å². The molecule has 8 nitrogen and oxygen atoms in total. The number of nitro groups is 1. The highest BCUT2D eigenvalue weighted by Crippen LogP contribution is 2.36. The van der Waals surface area contributed by atoms with Gasteiger partial charge in [0.25, 0.3) is 11.6 Å². The van der Waals surface area contributed by atoms with Crippen molar-refractivity contribution in [1.82, 2.24) is 10.2 Å². The summed E-state index contributed by atoms with van der Waals surface area (Å²) in [6.45, 7) is -0.534. The summed E-state index contributed by atoms with van der Waals surface area (Å²) < 4.78 is 0. The molecule has 1 fully saturated rings. The van der Waals surface area contributed by atoms with Gasteiger partial charge in [0.15, 0.2) is 11.3 Å². The number of nitrogens with one attached hydrogen (secondary N) is 1. The lowest BCUT2D eigenvalue weighted by molar-refractivity contribution is -0.384. The summed E-state index contributed by atoms with van der Waals surface area (Å²) in [6.07, 6.45) is 0. The van der Waals surface area contributed by atoms with Gasteiger partial charge in [-0.1, -0.05) is 72.8 Å². The van der Waals surface area contributed by atoms with Gasteiger partial charge in [-0.25, -0.2) is 4.79 Å². The maximum absolute atomic E-state index is 13.6. The van der Waals surface area contributed by atoms with Crippen molar-refractivity contribution < 1.29 is 19.3 Å². The van der Waals surface area contributed by atoms with Crippen LogP contribution in [0.25, 0.3) is 0 Å². The van der Waals surface area contributed by atoms with Gasteiger partial charge >= 0.3 is 6.03 Å². The van der Waals surface area contributed by atoms with Crippen LogP contribution in [0.4, 0.5) is 10.5 Å². The molecule has 4 rings (SSSR count). The lowest BCUT2D eigenvalue weighted by atomic mass is 9.82. The number of nitro benzene ring substituents is 1. The fraction of sp³-hybridized carbons (Fsp3) is 0.0870. The zero-order valence-corrected chi connectivity index (χ0v) is 16.2. The molecule has 3 amide bonds. The second kappa shape index (κ2) is 7.83. The summed E-state index contributed by atoms with van der Waals surface area (Å²) in [5, 5.41) is 13.8. The predicted octanol–water partition coefficient (Wildman–Crippen LogP) is 3.27. The van der Waals surface area contributed by atoms with Crippen LogP contribution in [0.1, 0.15) is 21.5 Å². The molecule has 3 aromatic carbocycles. The third-order valence-electron chi connectivity index (χ3n) is 5.20. The number of hydrogen-bond donors (Lipinski definition) is 1. The Labute approximate surface area is 177 Å². The molecule has 1 heterocycles. The number of amides is 3. The minimum Gasteiger partial charge on any atom is -0.315 e. The van der Waals surface area contributed by atoms with Crippen molar-refractivity contribution in [3.63, 3.8) is 0 Å². The highest BCUT2D eigenvalue weighted by atomic mass is 16.6. The molecule has 1 saturated heterocycles. The van der Waals surface area contributed by atoms with Crippen LogP contribution in [0.15, 0.2) is 84.9 Å². The van der Waals surface area contributed by atoms with Gasteiger partial charge in [0.05, 0.1) is 11.5 Å². The molecule has 154 valence electrons. The number of benzene rings is 3. The van der Waals surface area contributed by atoms with Gasteiger partial charge in [-0.15, -0.1) is 0 Å². The largest absolute Gasteiger partial charge is 0.325 e. The van der Waals surface area contributed by atoms with Crippen LogP contribution < -0.4 is 5.32 Å². The van der Waals surface area contributed by atoms with Crippen LogP contribution >= 0.6 is 0 Å². The molecule has 1 aliphatic heterocycles. The van der Waals surface area contributed by atoms with Crippen LogP contribution in [0.2, 0.25) is 0 Å². The normalized spacial score (nSPS) is 14.9. The van der Waals surface area contributed by atoms with Crippen LogP contribution in [0.3, 0.4) is 0 Å². The summed E-state index contributed by atoms with van der Waals surface area (Å²) in [7, 11) is 0. The number of imide groups is 1. The average molecular weight is 415 g/mol. The van der Waals surface area contributed by atoms with E-state index in [1.165, 1.54) is 18.2 Å². The molecule has 0 spiro atoms. The van der Waals surface area contributed by atoms with Gasteiger partial charge in [-0.05, 0) is 11.1 Å². The molecule has 3 aromatic rings. The van der Waals surface area contributed by atoms with Crippen molar-refractivity contribution in [2.45, 2.75) is 5.54 Å². The maximum atomic E-state index is 13.6. The monoisotopic (exact) mass is 415 g/mol. The minimum atomic E-state index is -1.47. The predicted molar refractivity (Wildman–Crippen MR) is 111 cm³/mol. The molecule has 0 saturated carbocycles. The number of Topliss-reactive ketones (excluding diaryl/α,β-unsaturated/α-hetero) is 1. The van der Waals surface area contributed by atoms with Crippen LogP contribution in [-0.2, 0) is 10.3 Å². The second-order valence-electron chi connectivity index (χ2n) is 7.03. The number of rotatable bonds is 6. The van der Waals surface area contributed by atoms with E-state index in [0.717, 1.165) is 11.0 Å². The first-order valence-corrected chi connectivity index (χ1v) is 9.46. The fourth-order valence-corrected chi connectivity index (χ4v) is 3.68. The van der Waals surface area contributed by atoms with E-state index in [-0.39, 0.29) is 11.3 Å². The number of ketones is 1. The Balaban J connectivity index is 1.71. The van der Waals surface area contributed by atoms with Crippen LogP contribution in [0, 0.1) is 10.1 Å². The third-order valence-corrected chi connectivity index (χ3v) is 5.20. The molecular weight excluding hydrogens is 398 g/mol. The first kappa shape index (κ1) is 20.0. The third kappa shape index (κ3) is 3.44. The van der Waals surface area contributed by atoms with Gasteiger partial charge < -0.3 is 5.32 Å². The number of non-ortho nitro benzene ring substituents is 1. The molecule has 1 aliphatic rings. The zero-order valence-electron chi connectivity index (χ0n) is 16.2. The molecule has 0 unspecified atom stereocenters. The number of urea groups is 1. The number of carbonyl (C=O) groups excluding carboxylic acids is 3. The first-order chi connectivity index (χ1) is 14.9. The Morgan fingerprint density at radius 1 is 0.903 bits per heavy atom. The smallest absolute Gasteiger partial charge is 0.315 e. The topological polar surface area (TPSA) is 110 Å². The Morgan fingerprint density at radius 3 is 2.03 bits per heavy atom. The first-order valence-electron chi connectivity index (χ1n) is 9.46. The molecule has 0 radical (unpaired) electrons. The summed E-state index contributed by atoms with van der Waals surface area (Å²) in [5.74, 6) is -1.17. The molecule has 1 N–H and O–H groups in total. The number of nitrogens with zero attached hydrogens (tertiary/aromatic N) is 2. The minimum absolute atomic E-state index is 0.0479. The van der Waals surface area contributed by atoms with Crippen LogP contribution in [-0.4, -0.2) is 34.1 Å². The van der Waals surface area contributed by atoms with E-state index in [1.807, 2.05) is 0 Å². The number of hydrogen-bond acceptors (Lipinski definition) is 5. The Hall–Kier alpha value is -4.33. The number of carbonyl (C=O) groups is 3. The van der Waals surface area contributed by atoms with Gasteiger partial charge in [-0.2, -0.15) is 0 Å². The van der Waals surface area contributed by atoms with Crippen LogP contribution in [0.5, 0.6) is 0 Å². The van der Waals surface area contributed by atoms with E-state index in [1.54, 1.807) is 60.7 Å². The Morgan fingerprint density at radius 2 is 1.48 bits per heavy atom. The van der Waals surface area contributed by atoms with Gasteiger partial charge in [0.2, 0.25) is 0 Å². The van der Waals surface area contributed by atoms with E-state index in [4.69, 9.17) is 0 Å². The van der Waals surface area contributed by atoms with E-state index < -0.39 is 34.7 Å². The highest BCUT2D eigenvalue weighted by Gasteiger charge is 2.54. The van der Waals surface area contributed by atoms with Crippen molar-refractivity contribution in [2.75, 3.05) is 6.54 Å². The van der Waals surface area contributed by atoms with Crippen molar-refractivity contribution in [1.29, 1.82) is 0 Å². The van der Waals surface area contributed by atoms with Gasteiger partial charge in [-0.3, -0.25) is 24.6 Å². The molecule has 0 bridgehead atoms. The summed E-state index contributed by atoms with van der Waals surface area (Å²) in [4.78, 5) is 50.4. The molecule has 0 aromatic heterocycles. The molecule has 0 atom stereocenters. The van der Waals surface area contributed by atoms with Crippen molar-refractivity contribution in [2.24, 2.45) is 0 Å². The fourth-order valence-electron chi connectivity index (χ4n) is 3.68. The summed E-state index contributed by atoms with van der Waals surface area (Å²) in [6, 6.07) is 22.0. The quantitative estimate of drug-likeness (QED) is 0.288. The van der Waals surface area contributed by atoms with Crippen molar-refractivity contribution in [3.05, 3.63) is 112 Å². The van der Waals surface area contributed by atoms with Crippen molar-refractivity contribution >= 4 is 23.4 Å². The van der Waals surface area contributed by atoms with Gasteiger partial charge in [0, 0.05) is 17.7 Å². The zero-order chi connectivity index (χ0) is 22.0. The standard InChI is InChI=1S/C23H17N3O5/c27-20(16-8-7-13-19(14-16)26(30)31)15-25-21(28)23(24-22(25)29,17-9-3-1-4-10-17)18-11-5-2-6-12-18/h1-14H,15H2,(H,24,29). The van der Waals surface area contributed by atoms with Crippen molar-refractivity contribution in [3.8, 4) is 0 Å². The second-order valence-corrected chi connectivity index (χ2v) is 7.03. The SMILES string of the molecule is O=C(CN1C(=O)NC(c2ccccc2)(c2ccccc2)C1=O)c1cccc([N+](=O)[O-])c1. The molecular formula is C23H17N3O5. The van der Waals surface area contributed by atoms with E-state index in [0.29, 0.717) is 11.1 Å². The highest BCUT2D eigenvalue weighted by molar-refractivity contribution is 6.13. The lowest BCUT2D eigenvalue weighted by Gasteiger charge is -2.27. The Kier molecular flexibility index (Phi) is 5.04. The van der Waals surface area contributed by atoms with E-state index in [2.05, 4.69) is 5.32 Å². The Bertz CT molecular complexity index is 1140. The maximum Gasteiger partial charge on any atom is 0.325 e. The molecule has 8 heteroatoms. The average Bonchev–Trinajstić information content (AvgIpc) is 3.06. The molecule has 31 heavy (non-hydrogen) atoms. The molecule has 0 aliphatic carbocycles. The van der Waals surface area contributed by atoms with Gasteiger partial charge in [0.1, 0.15) is 0 Å². The van der Waals surface area contributed by atoms with E-state index >= 15 is 0 Å². The lowest BCUT2D eigenvalue weighted by Crippen LogP contribution is -2.45.